The van der Waals surface area contributed by atoms with Gasteiger partial charge in [-0.25, -0.2) is 4.57 Å². The summed E-state index contributed by atoms with van der Waals surface area (Å²) in [6.07, 6.45) is 40.4. The Morgan fingerprint density at radius 3 is 1.13 bits per heavy atom. The standard InChI is InChI=1S/C50H95O11P/c1-4-7-10-13-16-19-22-23-26-29-32-35-38-41-50(54)61-47(43-57-48(52)39-36-33-30-27-24-20-17-14-11-8-5-2)45-59-62(55,56)58-44-46(42-51)60-49(53)40-37-34-31-28-25-21-18-15-12-9-6-3/h19,22,46-47,51H,4-18,20-21,23-45H2,1-3H3,(H,55,56)/b22-19-. The SMILES string of the molecule is CCCCCC/C=C\CCCCCCCC(=O)OC(COC(=O)CCCCCCCCCCCCC)COP(=O)(O)OCC(CO)OC(=O)CCCCCCCCCCCCC. The average molecular weight is 903 g/mol. The van der Waals surface area contributed by atoms with Gasteiger partial charge < -0.3 is 24.2 Å². The number of aliphatic hydroxyl groups excluding tert-OH is 1. The molecule has 0 heterocycles. The fourth-order valence-electron chi connectivity index (χ4n) is 7.23. The van der Waals surface area contributed by atoms with Crippen LogP contribution in [0.5, 0.6) is 0 Å². The van der Waals surface area contributed by atoms with Gasteiger partial charge in [-0.05, 0) is 44.9 Å². The Bertz CT molecular complexity index is 1100. The predicted molar refractivity (Wildman–Crippen MR) is 252 cm³/mol. The van der Waals surface area contributed by atoms with Crippen molar-refractivity contribution in [1.29, 1.82) is 0 Å². The lowest BCUT2D eigenvalue weighted by Crippen LogP contribution is -2.30. The van der Waals surface area contributed by atoms with E-state index in [-0.39, 0.29) is 25.9 Å². The molecule has 0 radical (unpaired) electrons. The summed E-state index contributed by atoms with van der Waals surface area (Å²) in [7, 11) is -4.73. The highest BCUT2D eigenvalue weighted by molar-refractivity contribution is 7.47. The normalized spacial score (nSPS) is 13.6. The van der Waals surface area contributed by atoms with Crippen LogP contribution in [0.25, 0.3) is 0 Å². The number of unbranched alkanes of at least 4 members (excludes halogenated alkanes) is 29. The number of carbonyl (C=O) groups excluding carboxylic acids is 3. The Labute approximate surface area is 379 Å². The summed E-state index contributed by atoms with van der Waals surface area (Å²) in [6, 6.07) is 0. The number of aliphatic hydroxyl groups is 1. The van der Waals surface area contributed by atoms with Crippen molar-refractivity contribution < 1.29 is 52.2 Å². The predicted octanol–water partition coefficient (Wildman–Crippen LogP) is 14.1. The minimum absolute atomic E-state index is 0.164. The van der Waals surface area contributed by atoms with Crippen LogP contribution in [-0.4, -0.2) is 66.5 Å². The first-order chi connectivity index (χ1) is 30.2. The number of hydrogen-bond donors (Lipinski definition) is 2. The number of hydrogen-bond acceptors (Lipinski definition) is 10. The number of carbonyl (C=O) groups is 3. The van der Waals surface area contributed by atoms with Crippen LogP contribution >= 0.6 is 7.82 Å². The molecule has 0 aliphatic heterocycles. The van der Waals surface area contributed by atoms with Crippen LogP contribution in [0.15, 0.2) is 12.2 Å². The van der Waals surface area contributed by atoms with Crippen LogP contribution in [0.1, 0.15) is 252 Å². The molecule has 12 heteroatoms. The Morgan fingerprint density at radius 2 is 0.742 bits per heavy atom. The zero-order valence-corrected chi connectivity index (χ0v) is 41.0. The lowest BCUT2D eigenvalue weighted by Gasteiger charge is -2.21. The summed E-state index contributed by atoms with van der Waals surface area (Å²) in [5.74, 6) is -1.46. The van der Waals surface area contributed by atoms with E-state index in [0.29, 0.717) is 19.3 Å². The number of rotatable bonds is 48. The maximum absolute atomic E-state index is 12.8. The molecule has 11 nitrogen and oxygen atoms in total. The van der Waals surface area contributed by atoms with E-state index >= 15 is 0 Å². The molecule has 0 aromatic heterocycles. The maximum Gasteiger partial charge on any atom is 0.472 e. The molecule has 0 saturated carbocycles. The maximum atomic E-state index is 12.8. The van der Waals surface area contributed by atoms with E-state index in [2.05, 4.69) is 32.9 Å². The quantitative estimate of drug-likeness (QED) is 0.0197. The van der Waals surface area contributed by atoms with E-state index in [1.807, 2.05) is 0 Å². The fraction of sp³-hybridized carbons (Fsp3) is 0.900. The second kappa shape index (κ2) is 45.8. The van der Waals surface area contributed by atoms with Crippen LogP contribution in [0.2, 0.25) is 0 Å². The fourth-order valence-corrected chi connectivity index (χ4v) is 8.02. The zero-order chi connectivity index (χ0) is 45.6. The van der Waals surface area contributed by atoms with Crippen LogP contribution in [-0.2, 0) is 42.2 Å². The van der Waals surface area contributed by atoms with Gasteiger partial charge >= 0.3 is 25.7 Å². The third-order valence-corrected chi connectivity index (χ3v) is 12.1. The highest BCUT2D eigenvalue weighted by Crippen LogP contribution is 2.43. The van der Waals surface area contributed by atoms with Gasteiger partial charge in [0.1, 0.15) is 12.7 Å². The lowest BCUT2D eigenvalue weighted by molar-refractivity contribution is -0.161. The molecule has 0 spiro atoms. The summed E-state index contributed by atoms with van der Waals surface area (Å²) in [5.41, 5.74) is 0. The molecular formula is C50H95O11P. The summed E-state index contributed by atoms with van der Waals surface area (Å²) in [4.78, 5) is 48.2. The lowest BCUT2D eigenvalue weighted by atomic mass is 10.1. The first kappa shape index (κ1) is 60.2. The number of esters is 3. The largest absolute Gasteiger partial charge is 0.472 e. The van der Waals surface area contributed by atoms with Crippen molar-refractivity contribution in [1.82, 2.24) is 0 Å². The van der Waals surface area contributed by atoms with E-state index in [9.17, 15) is 28.9 Å². The zero-order valence-electron chi connectivity index (χ0n) is 40.1. The Hall–Kier alpha value is -1.78. The minimum atomic E-state index is -4.73. The minimum Gasteiger partial charge on any atom is -0.462 e. The van der Waals surface area contributed by atoms with Gasteiger partial charge in [0.2, 0.25) is 0 Å². The Balaban J connectivity index is 4.72. The molecule has 0 aromatic carbocycles. The van der Waals surface area contributed by atoms with Crippen molar-refractivity contribution in [3.8, 4) is 0 Å². The smallest absolute Gasteiger partial charge is 0.462 e. The van der Waals surface area contributed by atoms with Gasteiger partial charge in [0, 0.05) is 19.3 Å². The molecule has 0 aliphatic carbocycles. The molecule has 62 heavy (non-hydrogen) atoms. The first-order valence-corrected chi connectivity index (χ1v) is 27.1. The van der Waals surface area contributed by atoms with Crippen LogP contribution in [0.3, 0.4) is 0 Å². The van der Waals surface area contributed by atoms with Gasteiger partial charge in [-0.15, -0.1) is 0 Å². The topological polar surface area (TPSA) is 155 Å². The van der Waals surface area contributed by atoms with Gasteiger partial charge in [-0.1, -0.05) is 200 Å². The van der Waals surface area contributed by atoms with E-state index in [1.54, 1.807) is 0 Å². The Morgan fingerprint density at radius 1 is 0.435 bits per heavy atom. The molecule has 0 bridgehead atoms. The second-order valence-corrected chi connectivity index (χ2v) is 18.8. The third kappa shape index (κ3) is 43.5. The van der Waals surface area contributed by atoms with Crippen molar-refractivity contribution in [2.45, 2.75) is 264 Å². The second-order valence-electron chi connectivity index (χ2n) is 17.3. The molecule has 0 saturated heterocycles. The highest BCUT2D eigenvalue weighted by Gasteiger charge is 2.28. The molecule has 0 aromatic rings. The van der Waals surface area contributed by atoms with E-state index in [1.165, 1.54) is 116 Å². The number of ether oxygens (including phenoxy) is 3. The van der Waals surface area contributed by atoms with E-state index < -0.39 is 57.8 Å². The molecule has 3 unspecified atom stereocenters. The van der Waals surface area contributed by atoms with Gasteiger partial charge in [-0.3, -0.25) is 23.4 Å². The molecule has 0 fully saturated rings. The molecule has 3 atom stereocenters. The van der Waals surface area contributed by atoms with Crippen molar-refractivity contribution in [2.24, 2.45) is 0 Å². The molecular weight excluding hydrogens is 808 g/mol. The molecule has 0 amide bonds. The van der Waals surface area contributed by atoms with Gasteiger partial charge in [0.05, 0.1) is 19.8 Å². The number of phosphoric ester groups is 1. The third-order valence-electron chi connectivity index (χ3n) is 11.2. The highest BCUT2D eigenvalue weighted by atomic mass is 31.2. The first-order valence-electron chi connectivity index (χ1n) is 25.6. The van der Waals surface area contributed by atoms with Crippen LogP contribution in [0, 0.1) is 0 Å². The van der Waals surface area contributed by atoms with Crippen molar-refractivity contribution in [3.63, 3.8) is 0 Å². The van der Waals surface area contributed by atoms with Crippen molar-refractivity contribution in [2.75, 3.05) is 26.4 Å². The molecule has 0 aliphatic rings. The summed E-state index contributed by atoms with van der Waals surface area (Å²) < 4.78 is 39.3. The average Bonchev–Trinajstić information content (AvgIpc) is 3.25. The molecule has 366 valence electrons. The van der Waals surface area contributed by atoms with Crippen molar-refractivity contribution >= 4 is 25.7 Å². The number of allylic oxidation sites excluding steroid dienone is 2. The monoisotopic (exact) mass is 903 g/mol. The molecule has 0 rings (SSSR count). The summed E-state index contributed by atoms with van der Waals surface area (Å²) in [5, 5.41) is 9.74. The van der Waals surface area contributed by atoms with Gasteiger partial charge in [-0.2, -0.15) is 0 Å². The van der Waals surface area contributed by atoms with Crippen molar-refractivity contribution in [3.05, 3.63) is 12.2 Å². The summed E-state index contributed by atoms with van der Waals surface area (Å²) >= 11 is 0. The molecule has 2 N–H and O–H groups in total. The van der Waals surface area contributed by atoms with Crippen LogP contribution < -0.4 is 0 Å². The van der Waals surface area contributed by atoms with Crippen LogP contribution in [0.4, 0.5) is 0 Å². The van der Waals surface area contributed by atoms with Gasteiger partial charge in [0.25, 0.3) is 0 Å². The van der Waals surface area contributed by atoms with E-state index in [0.717, 1.165) is 77.0 Å². The van der Waals surface area contributed by atoms with Gasteiger partial charge in [0.15, 0.2) is 6.10 Å². The summed E-state index contributed by atoms with van der Waals surface area (Å²) in [6.45, 7) is 4.62. The van der Waals surface area contributed by atoms with E-state index in [4.69, 9.17) is 23.3 Å². The number of phosphoric acid groups is 1. The Kier molecular flexibility index (Phi) is 44.5.